The molecule has 0 saturated heterocycles. The molecule has 1 unspecified atom stereocenters. The third-order valence-corrected chi connectivity index (χ3v) is 5.09. The Bertz CT molecular complexity index is 528. The average molecular weight is 340 g/mol. The van der Waals surface area contributed by atoms with Crippen LogP contribution in [-0.2, 0) is 20.6 Å². The summed E-state index contributed by atoms with van der Waals surface area (Å²) in [6.45, 7) is 0. The maximum absolute atomic E-state index is 11.9. The van der Waals surface area contributed by atoms with Crippen LogP contribution in [-0.4, -0.2) is 30.4 Å². The highest BCUT2D eigenvalue weighted by atomic mass is 79.9. The molecule has 0 radical (unpaired) electrons. The Morgan fingerprint density at radius 3 is 2.65 bits per heavy atom. The fourth-order valence-corrected chi connectivity index (χ4v) is 3.85. The molecule has 4 nitrogen and oxygen atoms in total. The molecule has 0 saturated carbocycles. The zero-order valence-corrected chi connectivity index (χ0v) is 12.6. The SMILES string of the molecule is CS(=O)(=O)CCCS(=O)c1cc(Br)ccc1N. The van der Waals surface area contributed by atoms with Gasteiger partial charge in [0.1, 0.15) is 9.84 Å². The zero-order chi connectivity index (χ0) is 13.1. The topological polar surface area (TPSA) is 77.2 Å². The second kappa shape index (κ2) is 5.97. The number of nitrogen functional groups attached to an aromatic ring is 1. The van der Waals surface area contributed by atoms with Gasteiger partial charge in [0, 0.05) is 22.2 Å². The Labute approximate surface area is 112 Å². The molecule has 0 spiro atoms. The lowest BCUT2D eigenvalue weighted by atomic mass is 10.3. The van der Waals surface area contributed by atoms with E-state index >= 15 is 0 Å². The monoisotopic (exact) mass is 339 g/mol. The second-order valence-electron chi connectivity index (χ2n) is 3.72. The van der Waals surface area contributed by atoms with E-state index in [4.69, 9.17) is 5.73 Å². The summed E-state index contributed by atoms with van der Waals surface area (Å²) in [4.78, 5) is 0.549. The Hall–Kier alpha value is -0.400. The third-order valence-electron chi connectivity index (χ3n) is 2.07. The van der Waals surface area contributed by atoms with Gasteiger partial charge >= 0.3 is 0 Å². The summed E-state index contributed by atoms with van der Waals surface area (Å²) in [5, 5.41) is 0. The van der Waals surface area contributed by atoms with Crippen molar-refractivity contribution in [2.24, 2.45) is 0 Å². The predicted molar refractivity (Wildman–Crippen MR) is 74.2 cm³/mol. The van der Waals surface area contributed by atoms with Crippen molar-refractivity contribution in [3.63, 3.8) is 0 Å². The molecule has 0 amide bonds. The third kappa shape index (κ3) is 5.18. The van der Waals surface area contributed by atoms with Gasteiger partial charge in [0.25, 0.3) is 0 Å². The van der Waals surface area contributed by atoms with Crippen LogP contribution in [0.15, 0.2) is 27.6 Å². The first kappa shape index (κ1) is 14.7. The van der Waals surface area contributed by atoms with E-state index in [1.807, 2.05) is 0 Å². The van der Waals surface area contributed by atoms with E-state index < -0.39 is 20.6 Å². The highest BCUT2D eigenvalue weighted by Gasteiger charge is 2.10. The fourth-order valence-electron chi connectivity index (χ4n) is 1.27. The molecular formula is C10H14BrNO3S2. The molecule has 1 aromatic carbocycles. The minimum absolute atomic E-state index is 0.0483. The molecular weight excluding hydrogens is 326 g/mol. The largest absolute Gasteiger partial charge is 0.398 e. The number of anilines is 1. The molecule has 0 fully saturated rings. The number of hydrogen-bond donors (Lipinski definition) is 1. The molecule has 0 heterocycles. The highest BCUT2D eigenvalue weighted by Crippen LogP contribution is 2.22. The summed E-state index contributed by atoms with van der Waals surface area (Å²) >= 11 is 3.28. The van der Waals surface area contributed by atoms with E-state index in [0.29, 0.717) is 22.8 Å². The van der Waals surface area contributed by atoms with Gasteiger partial charge in [0.2, 0.25) is 0 Å². The Morgan fingerprint density at radius 1 is 1.41 bits per heavy atom. The summed E-state index contributed by atoms with van der Waals surface area (Å²) < 4.78 is 34.6. The van der Waals surface area contributed by atoms with Crippen molar-refractivity contribution in [1.82, 2.24) is 0 Å². The number of rotatable bonds is 5. The first-order valence-corrected chi connectivity index (χ1v) is 9.08. The van der Waals surface area contributed by atoms with Crippen LogP contribution < -0.4 is 5.73 Å². The van der Waals surface area contributed by atoms with Crippen LogP contribution in [0.5, 0.6) is 0 Å². The lowest BCUT2D eigenvalue weighted by Gasteiger charge is -2.06. The van der Waals surface area contributed by atoms with Gasteiger partial charge in [0.05, 0.1) is 21.4 Å². The molecule has 17 heavy (non-hydrogen) atoms. The molecule has 0 aliphatic carbocycles. The van der Waals surface area contributed by atoms with Crippen molar-refractivity contribution in [2.45, 2.75) is 11.3 Å². The summed E-state index contributed by atoms with van der Waals surface area (Å²) in [6, 6.07) is 5.15. The molecule has 1 rings (SSSR count). The highest BCUT2D eigenvalue weighted by molar-refractivity contribution is 9.10. The first-order chi connectivity index (χ1) is 7.79. The van der Waals surface area contributed by atoms with E-state index in [1.165, 1.54) is 6.26 Å². The van der Waals surface area contributed by atoms with Crippen LogP contribution in [0.25, 0.3) is 0 Å². The Balaban J connectivity index is 2.67. The van der Waals surface area contributed by atoms with Crippen LogP contribution in [0.1, 0.15) is 6.42 Å². The van der Waals surface area contributed by atoms with Crippen LogP contribution in [0.3, 0.4) is 0 Å². The van der Waals surface area contributed by atoms with Gasteiger partial charge in [-0.25, -0.2) is 8.42 Å². The van der Waals surface area contributed by atoms with Gasteiger partial charge in [-0.1, -0.05) is 15.9 Å². The minimum atomic E-state index is -3.00. The van der Waals surface area contributed by atoms with E-state index in [1.54, 1.807) is 18.2 Å². The van der Waals surface area contributed by atoms with E-state index in [2.05, 4.69) is 15.9 Å². The average Bonchev–Trinajstić information content (AvgIpc) is 2.19. The second-order valence-corrected chi connectivity index (χ2v) is 8.43. The normalized spacial score (nSPS) is 13.5. The smallest absolute Gasteiger partial charge is 0.147 e. The van der Waals surface area contributed by atoms with Gasteiger partial charge in [-0.15, -0.1) is 0 Å². The maximum atomic E-state index is 11.9. The molecule has 0 aliphatic heterocycles. The Kier molecular flexibility index (Phi) is 5.15. The van der Waals surface area contributed by atoms with Gasteiger partial charge in [0.15, 0.2) is 0 Å². The molecule has 0 bridgehead atoms. The first-order valence-electron chi connectivity index (χ1n) is 4.91. The molecule has 1 atom stereocenters. The van der Waals surface area contributed by atoms with Gasteiger partial charge in [-0.05, 0) is 24.6 Å². The minimum Gasteiger partial charge on any atom is -0.398 e. The molecule has 0 aliphatic rings. The van der Waals surface area contributed by atoms with Crippen LogP contribution >= 0.6 is 15.9 Å². The Morgan fingerprint density at radius 2 is 2.06 bits per heavy atom. The van der Waals surface area contributed by atoms with Crippen molar-refractivity contribution >= 4 is 42.3 Å². The maximum Gasteiger partial charge on any atom is 0.147 e. The van der Waals surface area contributed by atoms with Gasteiger partial charge < -0.3 is 5.73 Å². The number of benzene rings is 1. The number of halogens is 1. The molecule has 7 heteroatoms. The molecule has 0 aromatic heterocycles. The van der Waals surface area contributed by atoms with E-state index in [-0.39, 0.29) is 5.75 Å². The molecule has 1 aromatic rings. The van der Waals surface area contributed by atoms with Gasteiger partial charge in [-0.2, -0.15) is 0 Å². The van der Waals surface area contributed by atoms with Gasteiger partial charge in [-0.3, -0.25) is 4.21 Å². The van der Waals surface area contributed by atoms with Crippen molar-refractivity contribution < 1.29 is 12.6 Å². The standard InChI is InChI=1S/C10H14BrNO3S2/c1-17(14,15)6-2-5-16(13)10-7-8(11)3-4-9(10)12/h3-4,7H,2,5-6,12H2,1H3. The fraction of sp³-hybridized carbons (Fsp3) is 0.400. The summed E-state index contributed by atoms with van der Waals surface area (Å²) in [7, 11) is -4.25. The van der Waals surface area contributed by atoms with Crippen molar-refractivity contribution in [2.75, 3.05) is 23.5 Å². The van der Waals surface area contributed by atoms with Crippen LogP contribution in [0.4, 0.5) is 5.69 Å². The quantitative estimate of drug-likeness (QED) is 0.826. The number of nitrogens with two attached hydrogens (primary N) is 1. The van der Waals surface area contributed by atoms with Crippen LogP contribution in [0, 0.1) is 0 Å². The summed E-state index contributed by atoms with van der Waals surface area (Å²) in [6.07, 6.45) is 1.54. The lowest BCUT2D eigenvalue weighted by molar-refractivity contribution is 0.600. The van der Waals surface area contributed by atoms with E-state index in [9.17, 15) is 12.6 Å². The van der Waals surface area contributed by atoms with Crippen molar-refractivity contribution in [3.8, 4) is 0 Å². The van der Waals surface area contributed by atoms with E-state index in [0.717, 1.165) is 4.47 Å². The number of sulfone groups is 1. The van der Waals surface area contributed by atoms with Crippen molar-refractivity contribution in [1.29, 1.82) is 0 Å². The molecule has 2 N–H and O–H groups in total. The lowest BCUT2D eigenvalue weighted by Crippen LogP contribution is -2.08. The zero-order valence-electron chi connectivity index (χ0n) is 9.35. The molecule has 96 valence electrons. The van der Waals surface area contributed by atoms with Crippen molar-refractivity contribution in [3.05, 3.63) is 22.7 Å². The number of hydrogen-bond acceptors (Lipinski definition) is 4. The summed E-state index contributed by atoms with van der Waals surface area (Å²) in [5.41, 5.74) is 6.18. The van der Waals surface area contributed by atoms with Crippen LogP contribution in [0.2, 0.25) is 0 Å². The summed E-state index contributed by atoms with van der Waals surface area (Å²) in [5.74, 6) is 0.348. The predicted octanol–water partition coefficient (Wildman–Crippen LogP) is 1.57.